The second-order valence-electron chi connectivity index (χ2n) is 4.81. The van der Waals surface area contributed by atoms with Crippen molar-refractivity contribution < 1.29 is 10.2 Å². The Kier molecular flexibility index (Phi) is 5.59. The van der Waals surface area contributed by atoms with E-state index in [0.29, 0.717) is 6.54 Å². The molecule has 1 aliphatic rings. The number of piperazine rings is 1. The van der Waals surface area contributed by atoms with Crippen LogP contribution in [-0.2, 0) is 6.42 Å². The molecular weight excluding hydrogens is 248 g/mol. The van der Waals surface area contributed by atoms with Crippen molar-refractivity contribution in [3.05, 3.63) is 22.4 Å². The molecule has 0 spiro atoms. The van der Waals surface area contributed by atoms with Gasteiger partial charge in [0.05, 0.1) is 12.7 Å². The zero-order chi connectivity index (χ0) is 12.8. The van der Waals surface area contributed by atoms with E-state index < -0.39 is 6.10 Å². The minimum absolute atomic E-state index is 0.140. The molecule has 5 heteroatoms. The van der Waals surface area contributed by atoms with Crippen LogP contribution >= 0.6 is 11.3 Å². The molecule has 1 fully saturated rings. The molecule has 0 aliphatic carbocycles. The lowest BCUT2D eigenvalue weighted by Crippen LogP contribution is -2.49. The van der Waals surface area contributed by atoms with Gasteiger partial charge >= 0.3 is 0 Å². The van der Waals surface area contributed by atoms with Crippen molar-refractivity contribution >= 4 is 11.3 Å². The molecular formula is C13H22N2O2S. The third kappa shape index (κ3) is 4.33. The lowest BCUT2D eigenvalue weighted by atomic mass is 10.2. The van der Waals surface area contributed by atoms with E-state index in [9.17, 15) is 5.11 Å². The lowest BCUT2D eigenvalue weighted by molar-refractivity contribution is 0.0398. The van der Waals surface area contributed by atoms with Crippen LogP contribution in [-0.4, -0.2) is 72.0 Å². The first-order chi connectivity index (χ1) is 8.78. The summed E-state index contributed by atoms with van der Waals surface area (Å²) < 4.78 is 0. The Balaban J connectivity index is 1.64. The van der Waals surface area contributed by atoms with Crippen LogP contribution < -0.4 is 0 Å². The highest BCUT2D eigenvalue weighted by atomic mass is 32.1. The van der Waals surface area contributed by atoms with Crippen LogP contribution in [0.15, 0.2) is 17.5 Å². The third-order valence-electron chi connectivity index (χ3n) is 3.40. The standard InChI is InChI=1S/C13H22N2O2S/c16-11-12(17)10-15-7-5-14(6-8-15)4-3-13-2-1-9-18-13/h1-2,9,12,16-17H,3-8,10-11H2. The second-order valence-corrected chi connectivity index (χ2v) is 5.84. The number of β-amino-alcohol motifs (C(OH)–C–C–N with tert-alkyl or cyclic N) is 1. The van der Waals surface area contributed by atoms with E-state index in [1.54, 1.807) is 0 Å². The monoisotopic (exact) mass is 270 g/mol. The van der Waals surface area contributed by atoms with Crippen LogP contribution in [0.3, 0.4) is 0 Å². The number of hydrogen-bond donors (Lipinski definition) is 2. The van der Waals surface area contributed by atoms with Crippen molar-refractivity contribution in [3.63, 3.8) is 0 Å². The highest BCUT2D eigenvalue weighted by Crippen LogP contribution is 2.11. The van der Waals surface area contributed by atoms with Crippen LogP contribution in [0.4, 0.5) is 0 Å². The number of nitrogens with zero attached hydrogens (tertiary/aromatic N) is 2. The molecule has 1 atom stereocenters. The molecule has 0 saturated carbocycles. The first-order valence-corrected chi connectivity index (χ1v) is 7.42. The van der Waals surface area contributed by atoms with Crippen molar-refractivity contribution in [2.24, 2.45) is 0 Å². The van der Waals surface area contributed by atoms with Gasteiger partial charge in [-0.05, 0) is 17.9 Å². The number of thiophene rings is 1. The summed E-state index contributed by atoms with van der Waals surface area (Å²) in [7, 11) is 0. The molecule has 1 aromatic heterocycles. The average molecular weight is 270 g/mol. The minimum atomic E-state index is -0.595. The highest BCUT2D eigenvalue weighted by Gasteiger charge is 2.18. The molecule has 1 aliphatic heterocycles. The van der Waals surface area contributed by atoms with Gasteiger partial charge in [-0.3, -0.25) is 4.90 Å². The molecule has 0 radical (unpaired) electrons. The quantitative estimate of drug-likeness (QED) is 0.778. The van der Waals surface area contributed by atoms with Gasteiger partial charge in [0.25, 0.3) is 0 Å². The van der Waals surface area contributed by atoms with Crippen LogP contribution in [0.2, 0.25) is 0 Å². The van der Waals surface area contributed by atoms with Crippen LogP contribution in [0.1, 0.15) is 4.88 Å². The molecule has 1 saturated heterocycles. The van der Waals surface area contributed by atoms with Crippen LogP contribution in [0.25, 0.3) is 0 Å². The molecule has 0 aromatic carbocycles. The van der Waals surface area contributed by atoms with Gasteiger partial charge < -0.3 is 15.1 Å². The Morgan fingerprint density at radius 3 is 2.56 bits per heavy atom. The predicted molar refractivity (Wildman–Crippen MR) is 74.0 cm³/mol. The number of rotatable bonds is 6. The van der Waals surface area contributed by atoms with Crippen molar-refractivity contribution in [1.29, 1.82) is 0 Å². The fourth-order valence-electron chi connectivity index (χ4n) is 2.27. The molecule has 2 heterocycles. The Morgan fingerprint density at radius 2 is 1.94 bits per heavy atom. The zero-order valence-electron chi connectivity index (χ0n) is 10.7. The first-order valence-electron chi connectivity index (χ1n) is 6.54. The van der Waals surface area contributed by atoms with Crippen molar-refractivity contribution in [1.82, 2.24) is 9.80 Å². The highest BCUT2D eigenvalue weighted by molar-refractivity contribution is 7.09. The number of aliphatic hydroxyl groups excluding tert-OH is 2. The van der Waals surface area contributed by atoms with Gasteiger partial charge in [-0.1, -0.05) is 6.07 Å². The smallest absolute Gasteiger partial charge is 0.0897 e. The van der Waals surface area contributed by atoms with E-state index in [4.69, 9.17) is 5.11 Å². The normalized spacial score (nSPS) is 20.1. The molecule has 1 aromatic rings. The van der Waals surface area contributed by atoms with Gasteiger partial charge in [0.15, 0.2) is 0 Å². The van der Waals surface area contributed by atoms with E-state index in [-0.39, 0.29) is 6.61 Å². The summed E-state index contributed by atoms with van der Waals surface area (Å²) in [5, 5.41) is 20.4. The molecule has 2 rings (SSSR count). The van der Waals surface area contributed by atoms with E-state index in [1.807, 2.05) is 11.3 Å². The molecule has 18 heavy (non-hydrogen) atoms. The summed E-state index contributed by atoms with van der Waals surface area (Å²) >= 11 is 1.83. The fraction of sp³-hybridized carbons (Fsp3) is 0.692. The largest absolute Gasteiger partial charge is 0.394 e. The summed E-state index contributed by atoms with van der Waals surface area (Å²) in [5.74, 6) is 0. The zero-order valence-corrected chi connectivity index (χ0v) is 11.5. The molecule has 0 bridgehead atoms. The minimum Gasteiger partial charge on any atom is -0.394 e. The number of aliphatic hydroxyl groups is 2. The van der Waals surface area contributed by atoms with Crippen molar-refractivity contribution in [2.45, 2.75) is 12.5 Å². The van der Waals surface area contributed by atoms with Crippen LogP contribution in [0.5, 0.6) is 0 Å². The van der Waals surface area contributed by atoms with Gasteiger partial charge in [0.2, 0.25) is 0 Å². The summed E-state index contributed by atoms with van der Waals surface area (Å²) in [5.41, 5.74) is 0. The third-order valence-corrected chi connectivity index (χ3v) is 4.34. The van der Waals surface area contributed by atoms with E-state index in [2.05, 4.69) is 27.3 Å². The average Bonchev–Trinajstić information content (AvgIpc) is 2.91. The topological polar surface area (TPSA) is 46.9 Å². The van der Waals surface area contributed by atoms with Gasteiger partial charge in [0.1, 0.15) is 0 Å². The summed E-state index contributed by atoms with van der Waals surface area (Å²) in [4.78, 5) is 6.15. The Labute approximate surface area is 112 Å². The van der Waals surface area contributed by atoms with E-state index >= 15 is 0 Å². The SMILES string of the molecule is OCC(O)CN1CCN(CCc2cccs2)CC1. The molecule has 1 unspecified atom stereocenters. The predicted octanol–water partition coefficient (Wildman–Crippen LogP) is 0.261. The van der Waals surface area contributed by atoms with Gasteiger partial charge in [-0.2, -0.15) is 0 Å². The second kappa shape index (κ2) is 7.21. The summed E-state index contributed by atoms with van der Waals surface area (Å²) in [6.45, 7) is 5.67. The summed E-state index contributed by atoms with van der Waals surface area (Å²) in [6.07, 6.45) is 0.541. The van der Waals surface area contributed by atoms with Crippen LogP contribution in [0, 0.1) is 0 Å². The van der Waals surface area contributed by atoms with Crippen molar-refractivity contribution in [3.8, 4) is 0 Å². The molecule has 102 valence electrons. The van der Waals surface area contributed by atoms with E-state index in [0.717, 1.165) is 39.1 Å². The Hall–Kier alpha value is -0.460. The Morgan fingerprint density at radius 1 is 1.22 bits per heavy atom. The van der Waals surface area contributed by atoms with Gasteiger partial charge in [0, 0.05) is 44.1 Å². The Bertz CT molecular complexity index is 324. The fourth-order valence-corrected chi connectivity index (χ4v) is 2.97. The maximum Gasteiger partial charge on any atom is 0.0897 e. The van der Waals surface area contributed by atoms with E-state index in [1.165, 1.54) is 4.88 Å². The lowest BCUT2D eigenvalue weighted by Gasteiger charge is -2.35. The first kappa shape index (κ1) is 14.0. The molecule has 0 amide bonds. The molecule has 2 N–H and O–H groups in total. The number of hydrogen-bond acceptors (Lipinski definition) is 5. The molecule has 4 nitrogen and oxygen atoms in total. The van der Waals surface area contributed by atoms with Gasteiger partial charge in [-0.15, -0.1) is 11.3 Å². The van der Waals surface area contributed by atoms with Gasteiger partial charge in [-0.25, -0.2) is 0 Å². The maximum atomic E-state index is 9.40. The van der Waals surface area contributed by atoms with Crippen molar-refractivity contribution in [2.75, 3.05) is 45.9 Å². The maximum absolute atomic E-state index is 9.40. The summed E-state index contributed by atoms with van der Waals surface area (Å²) in [6, 6.07) is 4.30.